The van der Waals surface area contributed by atoms with Gasteiger partial charge in [0.05, 0.1) is 6.54 Å². The van der Waals surface area contributed by atoms with Gasteiger partial charge in [-0.25, -0.2) is 12.7 Å². The molecule has 0 amide bonds. The van der Waals surface area contributed by atoms with Gasteiger partial charge in [-0.3, -0.25) is 0 Å². The second-order valence-electron chi connectivity index (χ2n) is 4.77. The average Bonchev–Trinajstić information content (AvgIpc) is 2.90. The third-order valence-electron chi connectivity index (χ3n) is 3.09. The molecule has 0 aliphatic carbocycles. The van der Waals surface area contributed by atoms with Gasteiger partial charge in [-0.2, -0.15) is 0 Å². The van der Waals surface area contributed by atoms with Gasteiger partial charge >= 0.3 is 0 Å². The minimum absolute atomic E-state index is 0.0461. The molecule has 0 unspecified atom stereocenters. The van der Waals surface area contributed by atoms with Crippen LogP contribution in [-0.2, 0) is 16.6 Å². The van der Waals surface area contributed by atoms with Gasteiger partial charge in [0.2, 0.25) is 5.09 Å². The van der Waals surface area contributed by atoms with Crippen LogP contribution in [0.15, 0.2) is 44.3 Å². The lowest BCUT2D eigenvalue weighted by atomic mass is 10.2. The van der Waals surface area contributed by atoms with Gasteiger partial charge in [0.25, 0.3) is 10.0 Å². The molecule has 0 saturated carbocycles. The fourth-order valence-electron chi connectivity index (χ4n) is 1.75. The highest BCUT2D eigenvalue weighted by Gasteiger charge is 2.21. The summed E-state index contributed by atoms with van der Waals surface area (Å²) in [5.74, 6) is 0.565. The second kappa shape index (κ2) is 6.21. The van der Waals surface area contributed by atoms with E-state index < -0.39 is 10.0 Å². The predicted octanol–water partition coefficient (Wildman–Crippen LogP) is 3.21. The molecule has 0 bridgehead atoms. The van der Waals surface area contributed by atoms with Crippen molar-refractivity contribution in [3.05, 3.63) is 46.1 Å². The number of hydrogen-bond donors (Lipinski definition) is 1. The van der Waals surface area contributed by atoms with E-state index in [1.54, 1.807) is 6.07 Å². The summed E-state index contributed by atoms with van der Waals surface area (Å²) >= 11 is 3.47. The lowest BCUT2D eigenvalue weighted by Gasteiger charge is -2.10. The van der Waals surface area contributed by atoms with E-state index in [4.69, 9.17) is 4.42 Å². The highest BCUT2D eigenvalue weighted by molar-refractivity contribution is 9.10. The van der Waals surface area contributed by atoms with Gasteiger partial charge < -0.3 is 9.73 Å². The van der Waals surface area contributed by atoms with Gasteiger partial charge in [0.15, 0.2) is 0 Å². The summed E-state index contributed by atoms with van der Waals surface area (Å²) < 4.78 is 31.4. The quantitative estimate of drug-likeness (QED) is 0.874. The van der Waals surface area contributed by atoms with E-state index >= 15 is 0 Å². The number of furan rings is 1. The highest BCUT2D eigenvalue weighted by Crippen LogP contribution is 2.24. The summed E-state index contributed by atoms with van der Waals surface area (Å²) in [7, 11) is -0.577. The number of benzene rings is 1. The monoisotopic (exact) mass is 372 g/mol. The standard InChI is InChI=1S/C14H17BrN2O3S/c1-10-12(15)5-4-6-13(10)16-9-11-7-8-14(20-11)21(18,19)17(2)3/h4-8,16H,9H2,1-3H3. The van der Waals surface area contributed by atoms with Crippen molar-refractivity contribution in [1.29, 1.82) is 0 Å². The first-order chi connectivity index (χ1) is 9.82. The minimum atomic E-state index is -3.52. The zero-order valence-corrected chi connectivity index (χ0v) is 14.5. The lowest BCUT2D eigenvalue weighted by molar-refractivity contribution is 0.402. The van der Waals surface area contributed by atoms with Crippen molar-refractivity contribution in [2.45, 2.75) is 18.6 Å². The zero-order chi connectivity index (χ0) is 15.6. The van der Waals surface area contributed by atoms with E-state index in [9.17, 15) is 8.42 Å². The van der Waals surface area contributed by atoms with E-state index in [-0.39, 0.29) is 5.09 Å². The van der Waals surface area contributed by atoms with Gasteiger partial charge in [0.1, 0.15) is 5.76 Å². The van der Waals surface area contributed by atoms with Crippen LogP contribution in [0.3, 0.4) is 0 Å². The summed E-state index contributed by atoms with van der Waals surface area (Å²) in [4.78, 5) is 0. The van der Waals surface area contributed by atoms with Crippen molar-refractivity contribution in [2.75, 3.05) is 19.4 Å². The van der Waals surface area contributed by atoms with Crippen LogP contribution in [0.4, 0.5) is 5.69 Å². The Morgan fingerprint density at radius 3 is 2.62 bits per heavy atom. The maximum Gasteiger partial charge on any atom is 0.275 e. The molecule has 0 aliphatic heterocycles. The van der Waals surface area contributed by atoms with Crippen molar-refractivity contribution in [3.8, 4) is 0 Å². The number of halogens is 1. The Labute approximate surface area is 133 Å². The van der Waals surface area contributed by atoms with Crippen LogP contribution in [-0.4, -0.2) is 26.8 Å². The van der Waals surface area contributed by atoms with E-state index in [0.717, 1.165) is 20.0 Å². The maximum absolute atomic E-state index is 11.9. The zero-order valence-electron chi connectivity index (χ0n) is 12.1. The van der Waals surface area contributed by atoms with Gasteiger partial charge in [-0.05, 0) is 36.8 Å². The van der Waals surface area contributed by atoms with Crippen LogP contribution in [0.5, 0.6) is 0 Å². The van der Waals surface area contributed by atoms with Crippen LogP contribution < -0.4 is 5.32 Å². The third-order valence-corrected chi connectivity index (χ3v) is 5.64. The summed E-state index contributed by atoms with van der Waals surface area (Å²) in [6, 6.07) is 9.00. The fraction of sp³-hybridized carbons (Fsp3) is 0.286. The first-order valence-electron chi connectivity index (χ1n) is 6.32. The molecule has 7 heteroatoms. The molecule has 0 aliphatic rings. The number of sulfonamides is 1. The molecule has 2 aromatic rings. The van der Waals surface area contributed by atoms with Crippen LogP contribution >= 0.6 is 15.9 Å². The molecule has 0 fully saturated rings. The maximum atomic E-state index is 11.9. The van der Waals surface area contributed by atoms with Crippen LogP contribution in [0.2, 0.25) is 0 Å². The highest BCUT2D eigenvalue weighted by atomic mass is 79.9. The SMILES string of the molecule is Cc1c(Br)cccc1NCc1ccc(S(=O)(=O)N(C)C)o1. The number of nitrogens with zero attached hydrogens (tertiary/aromatic N) is 1. The largest absolute Gasteiger partial charge is 0.446 e. The molecule has 1 aromatic carbocycles. The molecular formula is C14H17BrN2O3S. The smallest absolute Gasteiger partial charge is 0.275 e. The Balaban J connectivity index is 2.12. The third kappa shape index (κ3) is 3.48. The van der Waals surface area contributed by atoms with Crippen molar-refractivity contribution in [3.63, 3.8) is 0 Å². The summed E-state index contributed by atoms with van der Waals surface area (Å²) in [6.07, 6.45) is 0. The Morgan fingerprint density at radius 1 is 1.24 bits per heavy atom. The summed E-state index contributed by atoms with van der Waals surface area (Å²) in [5, 5.41) is 3.19. The van der Waals surface area contributed by atoms with E-state index in [2.05, 4.69) is 21.2 Å². The van der Waals surface area contributed by atoms with Crippen molar-refractivity contribution in [2.24, 2.45) is 0 Å². The molecular weight excluding hydrogens is 356 g/mol. The van der Waals surface area contributed by atoms with Crippen molar-refractivity contribution in [1.82, 2.24) is 4.31 Å². The first kappa shape index (κ1) is 16.1. The van der Waals surface area contributed by atoms with E-state index in [0.29, 0.717) is 12.3 Å². The van der Waals surface area contributed by atoms with Crippen molar-refractivity contribution < 1.29 is 12.8 Å². The Kier molecular flexibility index (Phi) is 4.75. The molecule has 114 valence electrons. The molecule has 0 saturated heterocycles. The number of anilines is 1. The molecule has 1 aromatic heterocycles. The molecule has 0 radical (unpaired) electrons. The molecule has 5 nitrogen and oxygen atoms in total. The fourth-order valence-corrected chi connectivity index (χ4v) is 2.93. The molecule has 0 atom stereocenters. The minimum Gasteiger partial charge on any atom is -0.446 e. The Hall–Kier alpha value is -1.31. The van der Waals surface area contributed by atoms with Crippen LogP contribution in [0.25, 0.3) is 0 Å². The van der Waals surface area contributed by atoms with E-state index in [1.165, 1.54) is 20.2 Å². The molecule has 2 rings (SSSR count). The van der Waals surface area contributed by atoms with Crippen molar-refractivity contribution >= 4 is 31.6 Å². The number of hydrogen-bond acceptors (Lipinski definition) is 4. The normalized spacial score (nSPS) is 11.9. The second-order valence-corrected chi connectivity index (χ2v) is 7.71. The molecule has 1 N–H and O–H groups in total. The average molecular weight is 373 g/mol. The Morgan fingerprint density at radius 2 is 1.95 bits per heavy atom. The van der Waals surface area contributed by atoms with Gasteiger partial charge in [-0.15, -0.1) is 0 Å². The van der Waals surface area contributed by atoms with Gasteiger partial charge in [0, 0.05) is 24.3 Å². The molecule has 0 spiro atoms. The lowest BCUT2D eigenvalue weighted by Crippen LogP contribution is -2.21. The number of nitrogens with one attached hydrogen (secondary N) is 1. The van der Waals surface area contributed by atoms with Crippen LogP contribution in [0, 0.1) is 6.92 Å². The number of rotatable bonds is 5. The predicted molar refractivity (Wildman–Crippen MR) is 85.8 cm³/mol. The Bertz CT molecular complexity index is 738. The van der Waals surface area contributed by atoms with E-state index in [1.807, 2.05) is 25.1 Å². The topological polar surface area (TPSA) is 62.6 Å². The summed E-state index contributed by atoms with van der Waals surface area (Å²) in [5.41, 5.74) is 2.06. The van der Waals surface area contributed by atoms with Crippen LogP contribution in [0.1, 0.15) is 11.3 Å². The molecule has 1 heterocycles. The molecule has 21 heavy (non-hydrogen) atoms. The van der Waals surface area contributed by atoms with Gasteiger partial charge in [-0.1, -0.05) is 22.0 Å². The summed E-state index contributed by atoms with van der Waals surface area (Å²) in [6.45, 7) is 2.41. The first-order valence-corrected chi connectivity index (χ1v) is 8.56.